The monoisotopic (exact) mass is 514 g/mol. The first-order chi connectivity index (χ1) is 17.6. The van der Waals surface area contributed by atoms with E-state index in [4.69, 9.17) is 0 Å². The SMILES string of the molecule is Cc1cc(-c2ccccc2)nc(SCC(=O)Nc2sc3c(c2C(=O)Nc2ccccc2)CCCC3)n1. The Labute approximate surface area is 218 Å². The summed E-state index contributed by atoms with van der Waals surface area (Å²) in [6.45, 7) is 1.92. The lowest BCUT2D eigenvalue weighted by atomic mass is 9.95. The van der Waals surface area contributed by atoms with Gasteiger partial charge in [0.25, 0.3) is 5.91 Å². The van der Waals surface area contributed by atoms with E-state index in [1.165, 1.54) is 28.0 Å². The molecule has 2 amide bonds. The van der Waals surface area contributed by atoms with E-state index in [0.29, 0.717) is 15.7 Å². The van der Waals surface area contributed by atoms with Crippen molar-refractivity contribution in [2.75, 3.05) is 16.4 Å². The maximum atomic E-state index is 13.3. The minimum absolute atomic E-state index is 0.153. The molecular formula is C28H26N4O2S2. The molecule has 0 saturated carbocycles. The summed E-state index contributed by atoms with van der Waals surface area (Å²) >= 11 is 2.81. The van der Waals surface area contributed by atoms with Gasteiger partial charge in [-0.25, -0.2) is 9.97 Å². The van der Waals surface area contributed by atoms with Crippen molar-refractivity contribution in [1.29, 1.82) is 0 Å². The highest BCUT2D eigenvalue weighted by molar-refractivity contribution is 7.99. The molecule has 2 N–H and O–H groups in total. The molecule has 0 aliphatic heterocycles. The largest absolute Gasteiger partial charge is 0.322 e. The van der Waals surface area contributed by atoms with Crippen molar-refractivity contribution in [2.24, 2.45) is 0 Å². The Kier molecular flexibility index (Phi) is 7.44. The molecule has 4 aromatic rings. The standard InChI is InChI=1S/C28H26N4O2S2/c1-18-16-22(19-10-4-2-5-11-19)31-28(29-18)35-17-24(33)32-27-25(21-14-8-9-15-23(21)36-27)26(34)30-20-12-6-3-7-13-20/h2-7,10-13,16H,8-9,14-15,17H2,1H3,(H,30,34)(H,32,33). The number of rotatable bonds is 7. The zero-order valence-electron chi connectivity index (χ0n) is 19.9. The van der Waals surface area contributed by atoms with Crippen LogP contribution < -0.4 is 10.6 Å². The van der Waals surface area contributed by atoms with Crippen molar-refractivity contribution >= 4 is 45.6 Å². The van der Waals surface area contributed by atoms with Crippen molar-refractivity contribution in [3.05, 3.63) is 88.4 Å². The average Bonchev–Trinajstić information content (AvgIpc) is 3.26. The van der Waals surface area contributed by atoms with Crippen LogP contribution in [0.3, 0.4) is 0 Å². The van der Waals surface area contributed by atoms with E-state index in [1.54, 1.807) is 0 Å². The highest BCUT2D eigenvalue weighted by atomic mass is 32.2. The molecule has 2 aromatic heterocycles. The number of nitrogens with zero attached hydrogens (tertiary/aromatic N) is 2. The summed E-state index contributed by atoms with van der Waals surface area (Å²) in [7, 11) is 0. The molecule has 6 nitrogen and oxygen atoms in total. The van der Waals surface area contributed by atoms with Gasteiger partial charge in [0.2, 0.25) is 5.91 Å². The molecule has 0 atom stereocenters. The summed E-state index contributed by atoms with van der Waals surface area (Å²) in [6.07, 6.45) is 3.95. The summed E-state index contributed by atoms with van der Waals surface area (Å²) in [5, 5.41) is 7.17. The number of carbonyl (C=O) groups is 2. The summed E-state index contributed by atoms with van der Waals surface area (Å²) in [5.41, 5.74) is 5.08. The molecule has 8 heteroatoms. The Hall–Kier alpha value is -3.49. The molecule has 0 saturated heterocycles. The van der Waals surface area contributed by atoms with Crippen LogP contribution in [0.15, 0.2) is 71.9 Å². The predicted molar refractivity (Wildman–Crippen MR) is 147 cm³/mol. The zero-order valence-corrected chi connectivity index (χ0v) is 21.5. The van der Waals surface area contributed by atoms with E-state index >= 15 is 0 Å². The highest BCUT2D eigenvalue weighted by Crippen LogP contribution is 2.38. The highest BCUT2D eigenvalue weighted by Gasteiger charge is 2.26. The Morgan fingerprint density at radius 3 is 2.44 bits per heavy atom. The molecule has 1 aliphatic carbocycles. The number of thioether (sulfide) groups is 1. The molecule has 0 spiro atoms. The molecule has 1 aliphatic rings. The lowest BCUT2D eigenvalue weighted by Crippen LogP contribution is -2.19. The number of aryl methyl sites for hydroxylation is 2. The van der Waals surface area contributed by atoms with Gasteiger partial charge in [-0.2, -0.15) is 0 Å². The fourth-order valence-corrected chi connectivity index (χ4v) is 6.27. The smallest absolute Gasteiger partial charge is 0.258 e. The van der Waals surface area contributed by atoms with Crippen LogP contribution in [0.5, 0.6) is 0 Å². The van der Waals surface area contributed by atoms with Crippen molar-refractivity contribution < 1.29 is 9.59 Å². The van der Waals surface area contributed by atoms with Gasteiger partial charge in [-0.15, -0.1) is 11.3 Å². The molecule has 2 heterocycles. The molecule has 182 valence electrons. The number of anilines is 2. The van der Waals surface area contributed by atoms with Gasteiger partial charge in [-0.3, -0.25) is 9.59 Å². The Morgan fingerprint density at radius 2 is 1.67 bits per heavy atom. The maximum absolute atomic E-state index is 13.3. The predicted octanol–water partition coefficient (Wildman–Crippen LogP) is 6.38. The number of hydrogen-bond acceptors (Lipinski definition) is 6. The first kappa shape index (κ1) is 24.2. The molecule has 5 rings (SSSR count). The van der Waals surface area contributed by atoms with Crippen LogP contribution in [0.4, 0.5) is 10.7 Å². The van der Waals surface area contributed by atoms with Crippen molar-refractivity contribution in [1.82, 2.24) is 9.97 Å². The quantitative estimate of drug-likeness (QED) is 0.221. The first-order valence-electron chi connectivity index (χ1n) is 11.9. The van der Waals surface area contributed by atoms with Crippen molar-refractivity contribution in [2.45, 2.75) is 37.8 Å². The van der Waals surface area contributed by atoms with Crippen LogP contribution in [-0.4, -0.2) is 27.5 Å². The number of fused-ring (bicyclic) bond motifs is 1. The third kappa shape index (κ3) is 5.66. The van der Waals surface area contributed by atoms with E-state index in [-0.39, 0.29) is 17.6 Å². The van der Waals surface area contributed by atoms with E-state index < -0.39 is 0 Å². The van der Waals surface area contributed by atoms with Crippen LogP contribution in [0.1, 0.15) is 39.3 Å². The molecule has 0 fully saturated rings. The lowest BCUT2D eigenvalue weighted by molar-refractivity contribution is -0.113. The van der Waals surface area contributed by atoms with Crippen LogP contribution in [0, 0.1) is 6.92 Å². The fraction of sp³-hybridized carbons (Fsp3) is 0.214. The van der Waals surface area contributed by atoms with Gasteiger partial charge in [0.1, 0.15) is 5.00 Å². The molecule has 36 heavy (non-hydrogen) atoms. The van der Waals surface area contributed by atoms with Gasteiger partial charge < -0.3 is 10.6 Å². The summed E-state index contributed by atoms with van der Waals surface area (Å²) in [6, 6.07) is 21.2. The van der Waals surface area contributed by atoms with Gasteiger partial charge >= 0.3 is 0 Å². The van der Waals surface area contributed by atoms with Crippen LogP contribution in [0.25, 0.3) is 11.3 Å². The lowest BCUT2D eigenvalue weighted by Gasteiger charge is -2.13. The molecule has 2 aromatic carbocycles. The number of benzene rings is 2. The second-order valence-electron chi connectivity index (χ2n) is 8.62. The summed E-state index contributed by atoms with van der Waals surface area (Å²) in [5.74, 6) is -0.211. The first-order valence-corrected chi connectivity index (χ1v) is 13.7. The number of carbonyl (C=O) groups excluding carboxylic acids is 2. The van der Waals surface area contributed by atoms with E-state index in [2.05, 4.69) is 20.6 Å². The molecular weight excluding hydrogens is 488 g/mol. The topological polar surface area (TPSA) is 84.0 Å². The van der Waals surface area contributed by atoms with Gasteiger partial charge in [-0.1, -0.05) is 60.3 Å². The Bertz CT molecular complexity index is 1390. The minimum atomic E-state index is -0.182. The van der Waals surface area contributed by atoms with Gasteiger partial charge in [-0.05, 0) is 56.4 Å². The second kappa shape index (κ2) is 11.1. The van der Waals surface area contributed by atoms with E-state index in [9.17, 15) is 9.59 Å². The summed E-state index contributed by atoms with van der Waals surface area (Å²) < 4.78 is 0. The third-order valence-electron chi connectivity index (χ3n) is 5.92. The zero-order chi connectivity index (χ0) is 24.9. The van der Waals surface area contributed by atoms with Crippen molar-refractivity contribution in [3.63, 3.8) is 0 Å². The van der Waals surface area contributed by atoms with E-state index in [0.717, 1.165) is 53.9 Å². The van der Waals surface area contributed by atoms with Crippen molar-refractivity contribution in [3.8, 4) is 11.3 Å². The van der Waals surface area contributed by atoms with Crippen LogP contribution in [0.2, 0.25) is 0 Å². The Balaban J connectivity index is 1.31. The third-order valence-corrected chi connectivity index (χ3v) is 7.97. The molecule has 0 bridgehead atoms. The maximum Gasteiger partial charge on any atom is 0.258 e. The fourth-order valence-electron chi connectivity index (χ4n) is 4.26. The minimum Gasteiger partial charge on any atom is -0.322 e. The number of para-hydroxylation sites is 1. The van der Waals surface area contributed by atoms with Gasteiger partial charge in [0, 0.05) is 21.8 Å². The van der Waals surface area contributed by atoms with Gasteiger partial charge in [0.15, 0.2) is 5.16 Å². The molecule has 0 unspecified atom stereocenters. The number of nitrogens with one attached hydrogen (secondary N) is 2. The van der Waals surface area contributed by atoms with E-state index in [1.807, 2.05) is 73.7 Å². The number of amides is 2. The van der Waals surface area contributed by atoms with Gasteiger partial charge in [0.05, 0.1) is 17.0 Å². The molecule has 0 radical (unpaired) electrons. The summed E-state index contributed by atoms with van der Waals surface area (Å²) in [4.78, 5) is 36.5. The normalized spacial score (nSPS) is 12.6. The van der Waals surface area contributed by atoms with Crippen LogP contribution in [-0.2, 0) is 17.6 Å². The second-order valence-corrected chi connectivity index (χ2v) is 10.7. The Morgan fingerprint density at radius 1 is 0.944 bits per heavy atom. The number of hydrogen-bond donors (Lipinski definition) is 2. The number of thiophene rings is 1. The van der Waals surface area contributed by atoms with Crippen LogP contribution >= 0.6 is 23.1 Å². The average molecular weight is 515 g/mol. The number of aromatic nitrogens is 2.